The van der Waals surface area contributed by atoms with Gasteiger partial charge in [0.2, 0.25) is 0 Å². The van der Waals surface area contributed by atoms with Crippen LogP contribution in [0.3, 0.4) is 0 Å². The van der Waals surface area contributed by atoms with Crippen LogP contribution in [0.4, 0.5) is 0 Å². The summed E-state index contributed by atoms with van der Waals surface area (Å²) in [6.07, 6.45) is 0.549. The molecule has 3 heteroatoms. The molecule has 0 saturated carbocycles. The van der Waals surface area contributed by atoms with Crippen molar-refractivity contribution in [2.45, 2.75) is 25.1 Å². The van der Waals surface area contributed by atoms with E-state index in [9.17, 15) is 4.79 Å². The van der Waals surface area contributed by atoms with Gasteiger partial charge in [0.15, 0.2) is 5.78 Å². The van der Waals surface area contributed by atoms with Gasteiger partial charge < -0.3 is 0 Å². The number of alkyl halides is 1. The number of benzene rings is 1. The summed E-state index contributed by atoms with van der Waals surface area (Å²) >= 11 is 5.43. The van der Waals surface area contributed by atoms with Crippen LogP contribution in [0.2, 0.25) is 0 Å². The molecule has 1 unspecified atom stereocenters. The largest absolute Gasteiger partial charge is 0.294 e. The highest BCUT2D eigenvalue weighted by Gasteiger charge is 2.33. The van der Waals surface area contributed by atoms with Gasteiger partial charge in [-0.15, -0.1) is 11.3 Å². The standard InChI is InChI=1S/C17H15BrOS/c1-10-8-13(11(2)20-10)17-15(19)9-14(18)16(17)12-6-4-3-5-7-12/h3-8,14H,9H2,1-2H3. The second kappa shape index (κ2) is 5.30. The van der Waals surface area contributed by atoms with Gasteiger partial charge in [-0.05, 0) is 36.6 Å². The number of aryl methyl sites for hydroxylation is 2. The predicted octanol–water partition coefficient (Wildman–Crippen LogP) is 5.01. The van der Waals surface area contributed by atoms with Gasteiger partial charge in [-0.25, -0.2) is 0 Å². The van der Waals surface area contributed by atoms with Crippen molar-refractivity contribution in [2.75, 3.05) is 0 Å². The first-order valence-electron chi connectivity index (χ1n) is 6.62. The van der Waals surface area contributed by atoms with E-state index in [0.29, 0.717) is 6.42 Å². The van der Waals surface area contributed by atoms with Crippen molar-refractivity contribution >= 4 is 44.2 Å². The Labute approximate surface area is 131 Å². The molecule has 0 spiro atoms. The van der Waals surface area contributed by atoms with E-state index in [1.54, 1.807) is 11.3 Å². The molecule has 0 fully saturated rings. The number of thiophene rings is 1. The zero-order valence-electron chi connectivity index (χ0n) is 11.4. The van der Waals surface area contributed by atoms with Gasteiger partial charge in [-0.3, -0.25) is 4.79 Å². The molecular weight excluding hydrogens is 332 g/mol. The first-order chi connectivity index (χ1) is 9.58. The first kappa shape index (κ1) is 13.8. The molecule has 1 heterocycles. The number of allylic oxidation sites excluding steroid dienone is 2. The molecule has 1 aliphatic rings. The Balaban J connectivity index is 2.24. The maximum absolute atomic E-state index is 12.4. The number of halogens is 1. The fourth-order valence-electron chi connectivity index (χ4n) is 2.79. The monoisotopic (exact) mass is 346 g/mol. The number of carbonyl (C=O) groups excluding carboxylic acids is 1. The molecule has 1 aromatic heterocycles. The third-order valence-electron chi connectivity index (χ3n) is 3.62. The maximum Gasteiger partial charge on any atom is 0.165 e. The van der Waals surface area contributed by atoms with E-state index in [-0.39, 0.29) is 10.6 Å². The number of rotatable bonds is 2. The van der Waals surface area contributed by atoms with Crippen LogP contribution in [0.5, 0.6) is 0 Å². The summed E-state index contributed by atoms with van der Waals surface area (Å²) in [5.74, 6) is 0.242. The quantitative estimate of drug-likeness (QED) is 0.698. The maximum atomic E-state index is 12.4. The van der Waals surface area contributed by atoms with Crippen molar-refractivity contribution in [3.63, 3.8) is 0 Å². The molecule has 1 aliphatic carbocycles. The topological polar surface area (TPSA) is 17.1 Å². The van der Waals surface area contributed by atoms with Crippen molar-refractivity contribution in [3.8, 4) is 0 Å². The van der Waals surface area contributed by atoms with Crippen LogP contribution in [0.1, 0.15) is 27.3 Å². The molecule has 1 atom stereocenters. The van der Waals surface area contributed by atoms with E-state index in [2.05, 4.69) is 48.0 Å². The lowest BCUT2D eigenvalue weighted by molar-refractivity contribution is -0.113. The Hall–Kier alpha value is -1.19. The van der Waals surface area contributed by atoms with Gasteiger partial charge in [0.1, 0.15) is 0 Å². The molecule has 0 bridgehead atoms. The van der Waals surface area contributed by atoms with Crippen LogP contribution in [0.15, 0.2) is 36.4 Å². The van der Waals surface area contributed by atoms with Crippen LogP contribution in [0, 0.1) is 13.8 Å². The molecule has 0 saturated heterocycles. The summed E-state index contributed by atoms with van der Waals surface area (Å²) in [5.41, 5.74) is 4.29. The fraction of sp³-hybridized carbons (Fsp3) is 0.235. The molecular formula is C17H15BrOS. The summed E-state index contributed by atoms with van der Waals surface area (Å²) in [4.78, 5) is 15.0. The third-order valence-corrected chi connectivity index (χ3v) is 5.37. The lowest BCUT2D eigenvalue weighted by Crippen LogP contribution is -1.97. The second-order valence-corrected chi connectivity index (χ2v) is 7.64. The molecule has 1 nitrogen and oxygen atoms in total. The molecule has 0 aliphatic heterocycles. The Morgan fingerprint density at radius 3 is 2.50 bits per heavy atom. The molecule has 0 radical (unpaired) electrons. The first-order valence-corrected chi connectivity index (χ1v) is 8.35. The summed E-state index contributed by atoms with van der Waals surface area (Å²) in [5, 5.41) is 0. The van der Waals surface area contributed by atoms with Gasteiger partial charge in [0.25, 0.3) is 0 Å². The average Bonchev–Trinajstić information content (AvgIpc) is 2.89. The van der Waals surface area contributed by atoms with Gasteiger partial charge in [0.05, 0.1) is 0 Å². The van der Waals surface area contributed by atoms with Gasteiger partial charge in [0, 0.05) is 26.6 Å². The van der Waals surface area contributed by atoms with Gasteiger partial charge in [-0.2, -0.15) is 0 Å². The Morgan fingerprint density at radius 1 is 1.20 bits per heavy atom. The molecule has 3 rings (SSSR count). The lowest BCUT2D eigenvalue weighted by Gasteiger charge is -2.09. The number of hydrogen-bond acceptors (Lipinski definition) is 2. The molecule has 1 aromatic carbocycles. The lowest BCUT2D eigenvalue weighted by atomic mass is 9.97. The zero-order valence-corrected chi connectivity index (χ0v) is 13.8. The average molecular weight is 347 g/mol. The number of carbonyl (C=O) groups is 1. The molecule has 20 heavy (non-hydrogen) atoms. The van der Waals surface area contributed by atoms with Crippen LogP contribution in [-0.4, -0.2) is 10.6 Å². The Kier molecular flexibility index (Phi) is 3.65. The highest BCUT2D eigenvalue weighted by Crippen LogP contribution is 2.43. The minimum Gasteiger partial charge on any atom is -0.294 e. The highest BCUT2D eigenvalue weighted by atomic mass is 79.9. The predicted molar refractivity (Wildman–Crippen MR) is 89.4 cm³/mol. The van der Waals surface area contributed by atoms with Crippen molar-refractivity contribution in [1.82, 2.24) is 0 Å². The minimum absolute atomic E-state index is 0.118. The summed E-state index contributed by atoms with van der Waals surface area (Å²) in [7, 11) is 0. The van der Waals surface area contributed by atoms with Crippen molar-refractivity contribution in [1.29, 1.82) is 0 Å². The third kappa shape index (κ3) is 2.29. The van der Waals surface area contributed by atoms with Crippen molar-refractivity contribution in [2.24, 2.45) is 0 Å². The normalized spacial score (nSPS) is 18.9. The number of Topliss-reactive ketones (excluding diaryl/α,β-unsaturated/α-hetero) is 1. The van der Waals surface area contributed by atoms with Crippen LogP contribution in [0.25, 0.3) is 11.1 Å². The second-order valence-electron chi connectivity index (χ2n) is 5.08. The smallest absolute Gasteiger partial charge is 0.165 e. The molecule has 0 N–H and O–H groups in total. The van der Waals surface area contributed by atoms with Crippen molar-refractivity contribution < 1.29 is 4.79 Å². The number of ketones is 1. The Bertz CT molecular complexity index is 697. The van der Waals surface area contributed by atoms with E-state index in [1.165, 1.54) is 9.75 Å². The molecule has 102 valence electrons. The Morgan fingerprint density at radius 2 is 1.90 bits per heavy atom. The SMILES string of the molecule is Cc1cc(C2=C(c3ccccc3)C(Br)CC2=O)c(C)s1. The fourth-order valence-corrected chi connectivity index (χ4v) is 4.51. The number of hydrogen-bond donors (Lipinski definition) is 0. The van der Waals surface area contributed by atoms with Crippen LogP contribution >= 0.6 is 27.3 Å². The van der Waals surface area contributed by atoms with E-state index < -0.39 is 0 Å². The van der Waals surface area contributed by atoms with Gasteiger partial charge >= 0.3 is 0 Å². The summed E-state index contributed by atoms with van der Waals surface area (Å²) in [6.45, 7) is 4.19. The van der Waals surface area contributed by atoms with Crippen molar-refractivity contribution in [3.05, 3.63) is 57.3 Å². The summed E-state index contributed by atoms with van der Waals surface area (Å²) < 4.78 is 0. The zero-order chi connectivity index (χ0) is 14.3. The van der Waals surface area contributed by atoms with E-state index in [1.807, 2.05) is 18.2 Å². The van der Waals surface area contributed by atoms with E-state index >= 15 is 0 Å². The van der Waals surface area contributed by atoms with E-state index in [4.69, 9.17) is 0 Å². The highest BCUT2D eigenvalue weighted by molar-refractivity contribution is 9.09. The van der Waals surface area contributed by atoms with E-state index in [0.717, 1.165) is 22.3 Å². The van der Waals surface area contributed by atoms with Gasteiger partial charge in [-0.1, -0.05) is 46.3 Å². The summed E-state index contributed by atoms with van der Waals surface area (Å²) in [6, 6.07) is 12.3. The van der Waals surface area contributed by atoms with Crippen LogP contribution in [-0.2, 0) is 4.79 Å². The molecule has 0 amide bonds. The molecule has 2 aromatic rings. The minimum atomic E-state index is 0.118. The van der Waals surface area contributed by atoms with Crippen LogP contribution < -0.4 is 0 Å².